The maximum atomic E-state index is 11.3. The van der Waals surface area contributed by atoms with Gasteiger partial charge in [-0.25, -0.2) is 8.42 Å². The van der Waals surface area contributed by atoms with E-state index in [2.05, 4.69) is 10.1 Å². The van der Waals surface area contributed by atoms with Gasteiger partial charge in [0.05, 0.1) is 5.54 Å². The normalized spacial score (nSPS) is 18.1. The first-order valence-electron chi connectivity index (χ1n) is 5.00. The summed E-state index contributed by atoms with van der Waals surface area (Å²) in [7, 11) is -3.23. The third-order valence-corrected chi connectivity index (χ3v) is 4.16. The Kier molecular flexibility index (Phi) is 3.39. The van der Waals surface area contributed by atoms with E-state index in [1.54, 1.807) is 6.92 Å². The molecule has 0 aliphatic rings. The topological polar surface area (TPSA) is 99.1 Å². The van der Waals surface area contributed by atoms with Crippen molar-refractivity contribution in [3.05, 3.63) is 11.7 Å². The van der Waals surface area contributed by atoms with Gasteiger partial charge in [0.15, 0.2) is 15.7 Å². The molecule has 0 radical (unpaired) electrons. The van der Waals surface area contributed by atoms with E-state index < -0.39 is 20.6 Å². The van der Waals surface area contributed by atoms with Crippen LogP contribution in [-0.4, -0.2) is 24.8 Å². The molecule has 0 amide bonds. The number of sulfone groups is 1. The average molecular weight is 247 g/mol. The Hall–Kier alpha value is -0.950. The quantitative estimate of drug-likeness (QED) is 0.843. The van der Waals surface area contributed by atoms with Crippen LogP contribution in [-0.2, 0) is 15.4 Å². The zero-order chi connectivity index (χ0) is 12.6. The Morgan fingerprint density at radius 3 is 2.56 bits per heavy atom. The molecule has 7 heteroatoms. The molecule has 0 fully saturated rings. The molecule has 0 aromatic carbocycles. The lowest BCUT2D eigenvalue weighted by atomic mass is 10.0. The lowest BCUT2D eigenvalue weighted by molar-refractivity contribution is 0.351. The first-order valence-corrected chi connectivity index (χ1v) is 6.95. The second-order valence-electron chi connectivity index (χ2n) is 4.20. The van der Waals surface area contributed by atoms with Gasteiger partial charge in [0.1, 0.15) is 5.25 Å². The van der Waals surface area contributed by atoms with E-state index in [1.165, 1.54) is 6.92 Å². The first-order chi connectivity index (χ1) is 7.18. The number of aromatic nitrogens is 2. The lowest BCUT2D eigenvalue weighted by Gasteiger charge is -2.16. The van der Waals surface area contributed by atoms with E-state index in [9.17, 15) is 8.42 Å². The summed E-state index contributed by atoms with van der Waals surface area (Å²) in [4.78, 5) is 4.04. The molecule has 0 aliphatic carbocycles. The minimum absolute atomic E-state index is 0.0858. The van der Waals surface area contributed by atoms with Crippen molar-refractivity contribution < 1.29 is 12.9 Å². The molecule has 0 saturated heterocycles. The van der Waals surface area contributed by atoms with Gasteiger partial charge in [-0.3, -0.25) is 0 Å². The number of hydrogen-bond acceptors (Lipinski definition) is 6. The van der Waals surface area contributed by atoms with Crippen LogP contribution in [0.15, 0.2) is 4.52 Å². The highest BCUT2D eigenvalue weighted by Crippen LogP contribution is 2.23. The zero-order valence-electron chi connectivity index (χ0n) is 9.89. The molecule has 0 saturated carbocycles. The number of nitrogens with zero attached hydrogens (tertiary/aromatic N) is 2. The molecule has 1 aromatic rings. The van der Waals surface area contributed by atoms with Gasteiger partial charge in [-0.05, 0) is 20.3 Å². The van der Waals surface area contributed by atoms with Crippen molar-refractivity contribution in [3.63, 3.8) is 0 Å². The van der Waals surface area contributed by atoms with Crippen molar-refractivity contribution in [3.8, 4) is 0 Å². The Morgan fingerprint density at radius 2 is 2.12 bits per heavy atom. The summed E-state index contributed by atoms with van der Waals surface area (Å²) in [6.07, 6.45) is 1.77. The molecule has 0 bridgehead atoms. The summed E-state index contributed by atoms with van der Waals surface area (Å²) in [6, 6.07) is 0. The van der Waals surface area contributed by atoms with E-state index >= 15 is 0 Å². The van der Waals surface area contributed by atoms with Gasteiger partial charge in [-0.1, -0.05) is 12.1 Å². The van der Waals surface area contributed by atoms with Crippen LogP contribution >= 0.6 is 0 Å². The predicted molar refractivity (Wildman–Crippen MR) is 59.4 cm³/mol. The highest BCUT2D eigenvalue weighted by molar-refractivity contribution is 7.90. The molecule has 0 spiro atoms. The second-order valence-corrected chi connectivity index (χ2v) is 6.57. The highest BCUT2D eigenvalue weighted by Gasteiger charge is 2.29. The average Bonchev–Trinajstić information content (AvgIpc) is 2.64. The molecule has 0 aliphatic heterocycles. The van der Waals surface area contributed by atoms with Crippen molar-refractivity contribution >= 4 is 9.84 Å². The minimum atomic E-state index is -3.23. The summed E-state index contributed by atoms with van der Waals surface area (Å²) >= 11 is 0. The molecule has 6 nitrogen and oxygen atoms in total. The van der Waals surface area contributed by atoms with Crippen LogP contribution in [0.3, 0.4) is 0 Å². The summed E-state index contributed by atoms with van der Waals surface area (Å²) in [6.45, 7) is 5.18. The highest BCUT2D eigenvalue weighted by atomic mass is 32.2. The first kappa shape index (κ1) is 13.1. The van der Waals surface area contributed by atoms with Gasteiger partial charge in [0.25, 0.3) is 0 Å². The number of nitrogens with two attached hydrogens (primary N) is 1. The van der Waals surface area contributed by atoms with Crippen LogP contribution < -0.4 is 5.73 Å². The molecule has 16 heavy (non-hydrogen) atoms. The molecule has 2 N–H and O–H groups in total. The van der Waals surface area contributed by atoms with E-state index in [4.69, 9.17) is 10.3 Å². The Morgan fingerprint density at radius 1 is 1.56 bits per heavy atom. The third kappa shape index (κ3) is 2.59. The van der Waals surface area contributed by atoms with E-state index in [0.717, 1.165) is 6.26 Å². The molecular weight excluding hydrogens is 230 g/mol. The summed E-state index contributed by atoms with van der Waals surface area (Å²) in [5, 5.41) is 2.91. The van der Waals surface area contributed by atoms with Gasteiger partial charge >= 0.3 is 0 Å². The Labute approximate surface area is 95.1 Å². The van der Waals surface area contributed by atoms with Gasteiger partial charge in [-0.15, -0.1) is 0 Å². The van der Waals surface area contributed by atoms with Crippen LogP contribution in [0.4, 0.5) is 0 Å². The third-order valence-electron chi connectivity index (χ3n) is 2.68. The molecule has 1 rings (SSSR count). The van der Waals surface area contributed by atoms with Gasteiger partial charge in [0, 0.05) is 6.26 Å². The SMILES string of the molecule is CCC(C)(N)c1noc(C(C)S(C)(=O)=O)n1. The van der Waals surface area contributed by atoms with E-state index in [-0.39, 0.29) is 5.89 Å². The lowest BCUT2D eigenvalue weighted by Crippen LogP contribution is -2.33. The van der Waals surface area contributed by atoms with Crippen molar-refractivity contribution in [1.29, 1.82) is 0 Å². The summed E-state index contributed by atoms with van der Waals surface area (Å²) in [5.41, 5.74) is 5.23. The van der Waals surface area contributed by atoms with Crippen LogP contribution in [0.5, 0.6) is 0 Å². The standard InChI is InChI=1S/C9H17N3O3S/c1-5-9(3,10)8-11-7(15-12-8)6(2)16(4,13)14/h6H,5,10H2,1-4H3. The fourth-order valence-electron chi connectivity index (χ4n) is 0.974. The van der Waals surface area contributed by atoms with Crippen LogP contribution in [0.25, 0.3) is 0 Å². The van der Waals surface area contributed by atoms with Crippen LogP contribution in [0, 0.1) is 0 Å². The summed E-state index contributed by atoms with van der Waals surface area (Å²) < 4.78 is 27.5. The Bertz CT molecular complexity index is 464. The fourth-order valence-corrected chi connectivity index (χ4v) is 1.44. The van der Waals surface area contributed by atoms with Gasteiger partial charge in [0.2, 0.25) is 5.89 Å². The van der Waals surface area contributed by atoms with Crippen LogP contribution in [0.2, 0.25) is 0 Å². The maximum Gasteiger partial charge on any atom is 0.244 e. The molecule has 1 aromatic heterocycles. The number of rotatable bonds is 4. The predicted octanol–water partition coefficient (Wildman–Crippen LogP) is 0.759. The largest absolute Gasteiger partial charge is 0.338 e. The fraction of sp³-hybridized carbons (Fsp3) is 0.778. The van der Waals surface area contributed by atoms with Crippen molar-refractivity contribution in [2.75, 3.05) is 6.26 Å². The second kappa shape index (κ2) is 4.14. The minimum Gasteiger partial charge on any atom is -0.338 e. The van der Waals surface area contributed by atoms with Crippen LogP contribution in [0.1, 0.15) is 44.2 Å². The van der Waals surface area contributed by atoms with Gasteiger partial charge in [-0.2, -0.15) is 4.98 Å². The van der Waals surface area contributed by atoms with Crippen molar-refractivity contribution in [1.82, 2.24) is 10.1 Å². The smallest absolute Gasteiger partial charge is 0.244 e. The molecule has 2 atom stereocenters. The maximum absolute atomic E-state index is 11.3. The van der Waals surface area contributed by atoms with Gasteiger partial charge < -0.3 is 10.3 Å². The molecule has 92 valence electrons. The van der Waals surface area contributed by atoms with E-state index in [1.807, 2.05) is 6.92 Å². The summed E-state index contributed by atoms with van der Waals surface area (Å²) in [5.74, 6) is 0.420. The molecule has 2 unspecified atom stereocenters. The van der Waals surface area contributed by atoms with Crippen molar-refractivity contribution in [2.24, 2.45) is 5.73 Å². The Balaban J connectivity index is 3.05. The monoisotopic (exact) mass is 247 g/mol. The van der Waals surface area contributed by atoms with E-state index in [0.29, 0.717) is 12.2 Å². The molecule has 1 heterocycles. The van der Waals surface area contributed by atoms with Crippen molar-refractivity contribution in [2.45, 2.75) is 38.0 Å². The number of hydrogen-bond donors (Lipinski definition) is 1. The molecular formula is C9H17N3O3S. The zero-order valence-corrected chi connectivity index (χ0v) is 10.7.